The van der Waals surface area contributed by atoms with Crippen molar-refractivity contribution in [3.63, 3.8) is 0 Å². The minimum absolute atomic E-state index is 0.0472. The molecule has 0 N–H and O–H groups in total. The summed E-state index contributed by atoms with van der Waals surface area (Å²) in [5, 5.41) is 0. The lowest BCUT2D eigenvalue weighted by atomic mass is 10.0. The highest BCUT2D eigenvalue weighted by Gasteiger charge is 2.26. The van der Waals surface area contributed by atoms with E-state index in [4.69, 9.17) is 4.74 Å². The number of piperidine rings is 1. The minimum Gasteiger partial charge on any atom is -0.497 e. The number of methoxy groups -OCH3 is 1. The van der Waals surface area contributed by atoms with Gasteiger partial charge in [-0.2, -0.15) is 0 Å². The lowest BCUT2D eigenvalue weighted by Crippen LogP contribution is -2.45. The van der Waals surface area contributed by atoms with E-state index in [0.29, 0.717) is 5.56 Å². The van der Waals surface area contributed by atoms with Gasteiger partial charge in [0.15, 0.2) is 0 Å². The number of pyridine rings is 1. The third-order valence-corrected chi connectivity index (χ3v) is 4.68. The molecule has 1 aliphatic rings. The van der Waals surface area contributed by atoms with Gasteiger partial charge in [0.1, 0.15) is 5.75 Å². The van der Waals surface area contributed by atoms with Crippen LogP contribution < -0.4 is 9.64 Å². The summed E-state index contributed by atoms with van der Waals surface area (Å²) in [5.41, 5.74) is 1.85. The standard InChI is InChI=1S/C19H23N3O2/c1-21(19(23)15-4-3-11-20-14-15)16-9-12-22(13-10-16)17-5-7-18(24-2)8-6-17/h3-8,11,14,16H,9-10,12-13H2,1-2H3. The van der Waals surface area contributed by atoms with Crippen molar-refractivity contribution in [2.45, 2.75) is 18.9 Å². The van der Waals surface area contributed by atoms with E-state index in [-0.39, 0.29) is 11.9 Å². The van der Waals surface area contributed by atoms with Gasteiger partial charge >= 0.3 is 0 Å². The first kappa shape index (κ1) is 16.3. The molecule has 0 radical (unpaired) electrons. The quantitative estimate of drug-likeness (QED) is 0.867. The highest BCUT2D eigenvalue weighted by atomic mass is 16.5. The van der Waals surface area contributed by atoms with E-state index in [1.54, 1.807) is 25.6 Å². The summed E-state index contributed by atoms with van der Waals surface area (Å²) >= 11 is 0. The molecule has 2 aromatic rings. The second-order valence-electron chi connectivity index (χ2n) is 6.07. The smallest absolute Gasteiger partial charge is 0.255 e. The molecule has 1 amide bonds. The number of hydrogen-bond donors (Lipinski definition) is 0. The van der Waals surface area contributed by atoms with Gasteiger partial charge in [0.25, 0.3) is 5.91 Å². The van der Waals surface area contributed by atoms with E-state index in [2.05, 4.69) is 22.0 Å². The van der Waals surface area contributed by atoms with Gasteiger partial charge in [-0.25, -0.2) is 0 Å². The van der Waals surface area contributed by atoms with Crippen LogP contribution in [0.3, 0.4) is 0 Å². The lowest BCUT2D eigenvalue weighted by Gasteiger charge is -2.38. The van der Waals surface area contributed by atoms with Gasteiger partial charge in [0, 0.05) is 44.3 Å². The molecule has 1 saturated heterocycles. The molecular formula is C19H23N3O2. The second kappa shape index (κ2) is 7.34. The van der Waals surface area contributed by atoms with E-state index < -0.39 is 0 Å². The van der Waals surface area contributed by atoms with Crippen molar-refractivity contribution in [2.24, 2.45) is 0 Å². The molecule has 3 rings (SSSR count). The van der Waals surface area contributed by atoms with Crippen LogP contribution in [-0.2, 0) is 0 Å². The topological polar surface area (TPSA) is 45.7 Å². The van der Waals surface area contributed by atoms with Crippen molar-refractivity contribution in [1.82, 2.24) is 9.88 Å². The fourth-order valence-corrected chi connectivity index (χ4v) is 3.16. The van der Waals surface area contributed by atoms with Crippen LogP contribution in [0.15, 0.2) is 48.8 Å². The summed E-state index contributed by atoms with van der Waals surface area (Å²) in [5.74, 6) is 0.918. The number of carbonyl (C=O) groups is 1. The maximum Gasteiger partial charge on any atom is 0.255 e. The molecule has 24 heavy (non-hydrogen) atoms. The largest absolute Gasteiger partial charge is 0.497 e. The molecule has 2 heterocycles. The predicted octanol–water partition coefficient (Wildman–Crippen LogP) is 2.83. The van der Waals surface area contributed by atoms with Crippen LogP contribution in [0.4, 0.5) is 5.69 Å². The van der Waals surface area contributed by atoms with Crippen LogP contribution in [-0.4, -0.2) is 49.1 Å². The third-order valence-electron chi connectivity index (χ3n) is 4.68. The average Bonchev–Trinajstić information content (AvgIpc) is 2.68. The number of ether oxygens (including phenoxy) is 1. The Morgan fingerprint density at radius 1 is 1.21 bits per heavy atom. The van der Waals surface area contributed by atoms with Crippen LogP contribution in [0.1, 0.15) is 23.2 Å². The maximum atomic E-state index is 12.5. The minimum atomic E-state index is 0.0472. The molecule has 0 bridgehead atoms. The summed E-state index contributed by atoms with van der Waals surface area (Å²) in [4.78, 5) is 20.8. The molecule has 0 aliphatic carbocycles. The third kappa shape index (κ3) is 3.50. The summed E-state index contributed by atoms with van der Waals surface area (Å²) in [6.07, 6.45) is 5.25. The van der Waals surface area contributed by atoms with Gasteiger partial charge in [-0.1, -0.05) is 0 Å². The first-order valence-corrected chi connectivity index (χ1v) is 8.25. The lowest BCUT2D eigenvalue weighted by molar-refractivity contribution is 0.0709. The Balaban J connectivity index is 1.59. The predicted molar refractivity (Wildman–Crippen MR) is 94.6 cm³/mol. The fourth-order valence-electron chi connectivity index (χ4n) is 3.16. The first-order chi connectivity index (χ1) is 11.7. The van der Waals surface area contributed by atoms with E-state index in [1.807, 2.05) is 30.1 Å². The first-order valence-electron chi connectivity index (χ1n) is 8.25. The van der Waals surface area contributed by atoms with Crippen molar-refractivity contribution in [2.75, 3.05) is 32.1 Å². The summed E-state index contributed by atoms with van der Waals surface area (Å²) in [6, 6.07) is 12.0. The summed E-state index contributed by atoms with van der Waals surface area (Å²) < 4.78 is 5.21. The molecule has 1 aliphatic heterocycles. The molecule has 1 fully saturated rings. The summed E-state index contributed by atoms with van der Waals surface area (Å²) in [6.45, 7) is 1.89. The van der Waals surface area contributed by atoms with Crippen LogP contribution in [0, 0.1) is 0 Å². The Bertz CT molecular complexity index is 665. The highest BCUT2D eigenvalue weighted by Crippen LogP contribution is 2.24. The number of anilines is 1. The number of nitrogens with zero attached hydrogens (tertiary/aromatic N) is 3. The van der Waals surface area contributed by atoms with E-state index in [9.17, 15) is 4.79 Å². The molecule has 0 spiro atoms. The monoisotopic (exact) mass is 325 g/mol. The molecule has 126 valence electrons. The van der Waals surface area contributed by atoms with Crippen LogP contribution in [0.25, 0.3) is 0 Å². The molecule has 0 unspecified atom stereocenters. The number of aromatic nitrogens is 1. The van der Waals surface area contributed by atoms with E-state index >= 15 is 0 Å². The zero-order chi connectivity index (χ0) is 16.9. The van der Waals surface area contributed by atoms with Gasteiger partial charge in [-0.05, 0) is 49.2 Å². The molecule has 0 atom stereocenters. The van der Waals surface area contributed by atoms with Gasteiger partial charge in [-0.3, -0.25) is 9.78 Å². The average molecular weight is 325 g/mol. The number of carbonyl (C=O) groups excluding carboxylic acids is 1. The van der Waals surface area contributed by atoms with Crippen LogP contribution >= 0.6 is 0 Å². The highest BCUT2D eigenvalue weighted by molar-refractivity contribution is 5.93. The van der Waals surface area contributed by atoms with Gasteiger partial charge in [0.2, 0.25) is 0 Å². The Labute approximate surface area is 142 Å². The fraction of sp³-hybridized carbons (Fsp3) is 0.368. The van der Waals surface area contributed by atoms with Gasteiger partial charge < -0.3 is 14.5 Å². The van der Waals surface area contributed by atoms with Gasteiger partial charge in [0.05, 0.1) is 12.7 Å². The Hall–Kier alpha value is -2.56. The summed E-state index contributed by atoms with van der Waals surface area (Å²) in [7, 11) is 3.57. The van der Waals surface area contributed by atoms with Crippen molar-refractivity contribution >= 4 is 11.6 Å². The van der Waals surface area contributed by atoms with Crippen molar-refractivity contribution in [3.8, 4) is 5.75 Å². The number of rotatable bonds is 4. The molecule has 1 aromatic heterocycles. The molecule has 5 heteroatoms. The number of amides is 1. The Morgan fingerprint density at radius 3 is 2.50 bits per heavy atom. The van der Waals surface area contributed by atoms with Crippen molar-refractivity contribution in [3.05, 3.63) is 54.4 Å². The van der Waals surface area contributed by atoms with Crippen molar-refractivity contribution in [1.29, 1.82) is 0 Å². The van der Waals surface area contributed by atoms with E-state index in [0.717, 1.165) is 31.7 Å². The molecule has 5 nitrogen and oxygen atoms in total. The second-order valence-corrected chi connectivity index (χ2v) is 6.07. The van der Waals surface area contributed by atoms with Crippen LogP contribution in [0.2, 0.25) is 0 Å². The normalized spacial score (nSPS) is 15.2. The zero-order valence-electron chi connectivity index (χ0n) is 14.2. The van der Waals surface area contributed by atoms with Crippen LogP contribution in [0.5, 0.6) is 5.75 Å². The molecule has 1 aromatic carbocycles. The zero-order valence-corrected chi connectivity index (χ0v) is 14.2. The number of hydrogen-bond acceptors (Lipinski definition) is 4. The maximum absolute atomic E-state index is 12.5. The van der Waals surface area contributed by atoms with Gasteiger partial charge in [-0.15, -0.1) is 0 Å². The molecule has 0 saturated carbocycles. The Kier molecular flexibility index (Phi) is 4.99. The Morgan fingerprint density at radius 2 is 1.92 bits per heavy atom. The SMILES string of the molecule is COc1ccc(N2CCC(N(C)C(=O)c3cccnc3)CC2)cc1. The van der Waals surface area contributed by atoms with Crippen molar-refractivity contribution < 1.29 is 9.53 Å². The van der Waals surface area contributed by atoms with E-state index in [1.165, 1.54) is 5.69 Å². The molecular weight excluding hydrogens is 302 g/mol. The number of benzene rings is 1.